The minimum Gasteiger partial charge on any atom is -0.488 e. The molecular weight excluding hydrogens is 337 g/mol. The fourth-order valence-electron chi connectivity index (χ4n) is 2.77. The highest BCUT2D eigenvalue weighted by atomic mass is 19.4. The maximum atomic E-state index is 13.0. The summed E-state index contributed by atoms with van der Waals surface area (Å²) >= 11 is 0. The first-order chi connectivity index (χ1) is 12.0. The van der Waals surface area contributed by atoms with Gasteiger partial charge in [0.15, 0.2) is 5.65 Å². The van der Waals surface area contributed by atoms with E-state index in [2.05, 4.69) is 20.3 Å². The van der Waals surface area contributed by atoms with Crippen LogP contribution in [0.4, 0.5) is 19.0 Å². The summed E-state index contributed by atoms with van der Waals surface area (Å²) in [6.45, 7) is 1.17. The molecule has 1 saturated heterocycles. The first-order valence-electron chi connectivity index (χ1n) is 7.62. The van der Waals surface area contributed by atoms with E-state index in [0.29, 0.717) is 24.7 Å². The van der Waals surface area contributed by atoms with Gasteiger partial charge in [-0.25, -0.2) is 0 Å². The SMILES string of the molecule is FC(F)(F)c1nnc2ccc(N3CCC(Oc4ccncc4)C3)nn12. The molecule has 0 aliphatic carbocycles. The van der Waals surface area contributed by atoms with Gasteiger partial charge >= 0.3 is 6.18 Å². The molecule has 1 aliphatic rings. The summed E-state index contributed by atoms with van der Waals surface area (Å²) in [4.78, 5) is 5.81. The summed E-state index contributed by atoms with van der Waals surface area (Å²) in [5.74, 6) is 0.00943. The van der Waals surface area contributed by atoms with E-state index >= 15 is 0 Å². The number of anilines is 1. The number of hydrogen-bond donors (Lipinski definition) is 0. The number of nitrogens with zero attached hydrogens (tertiary/aromatic N) is 6. The van der Waals surface area contributed by atoms with Crippen molar-refractivity contribution >= 4 is 11.5 Å². The van der Waals surface area contributed by atoms with Gasteiger partial charge in [0.1, 0.15) is 17.7 Å². The summed E-state index contributed by atoms with van der Waals surface area (Å²) in [6, 6.07) is 6.64. The summed E-state index contributed by atoms with van der Waals surface area (Å²) in [5.41, 5.74) is 0.0554. The van der Waals surface area contributed by atoms with Crippen LogP contribution in [0.3, 0.4) is 0 Å². The quantitative estimate of drug-likeness (QED) is 0.721. The lowest BCUT2D eigenvalue weighted by Crippen LogP contribution is -2.26. The highest BCUT2D eigenvalue weighted by Crippen LogP contribution is 2.28. The zero-order valence-corrected chi connectivity index (χ0v) is 12.9. The van der Waals surface area contributed by atoms with Gasteiger partial charge in [0.25, 0.3) is 5.82 Å². The normalized spacial score (nSPS) is 18.0. The molecule has 0 spiro atoms. The lowest BCUT2D eigenvalue weighted by atomic mass is 10.3. The molecule has 1 unspecified atom stereocenters. The van der Waals surface area contributed by atoms with Crippen LogP contribution in [0.15, 0.2) is 36.7 Å². The molecule has 0 radical (unpaired) electrons. The molecule has 25 heavy (non-hydrogen) atoms. The monoisotopic (exact) mass is 350 g/mol. The molecule has 1 atom stereocenters. The van der Waals surface area contributed by atoms with E-state index in [-0.39, 0.29) is 11.8 Å². The highest BCUT2D eigenvalue weighted by molar-refractivity contribution is 5.46. The van der Waals surface area contributed by atoms with Crippen molar-refractivity contribution in [3.05, 3.63) is 42.5 Å². The molecule has 1 fully saturated rings. The maximum Gasteiger partial charge on any atom is 0.453 e. The number of aromatic nitrogens is 5. The zero-order chi connectivity index (χ0) is 17.4. The molecule has 1 aliphatic heterocycles. The van der Waals surface area contributed by atoms with Crippen LogP contribution >= 0.6 is 0 Å². The molecule has 7 nitrogen and oxygen atoms in total. The number of rotatable bonds is 3. The second kappa shape index (κ2) is 5.87. The van der Waals surface area contributed by atoms with Crippen molar-refractivity contribution in [3.8, 4) is 5.75 Å². The average molecular weight is 350 g/mol. The first-order valence-corrected chi connectivity index (χ1v) is 7.62. The number of halogens is 3. The molecule has 3 aromatic heterocycles. The minimum atomic E-state index is -4.61. The van der Waals surface area contributed by atoms with Crippen LogP contribution in [0.25, 0.3) is 5.65 Å². The smallest absolute Gasteiger partial charge is 0.453 e. The lowest BCUT2D eigenvalue weighted by Gasteiger charge is -2.18. The van der Waals surface area contributed by atoms with E-state index in [1.807, 2.05) is 4.90 Å². The molecular formula is C15H13F3N6O. The van der Waals surface area contributed by atoms with E-state index in [4.69, 9.17) is 4.74 Å². The van der Waals surface area contributed by atoms with Crippen molar-refractivity contribution in [2.24, 2.45) is 0 Å². The molecule has 130 valence electrons. The van der Waals surface area contributed by atoms with Crippen LogP contribution in [0, 0.1) is 0 Å². The Morgan fingerprint density at radius 3 is 2.64 bits per heavy atom. The Morgan fingerprint density at radius 1 is 1.08 bits per heavy atom. The fourth-order valence-corrected chi connectivity index (χ4v) is 2.77. The third-order valence-corrected chi connectivity index (χ3v) is 3.92. The average Bonchev–Trinajstić information content (AvgIpc) is 3.21. The Labute approximate surface area is 140 Å². The second-order valence-corrected chi connectivity index (χ2v) is 5.64. The van der Waals surface area contributed by atoms with E-state index in [1.54, 1.807) is 30.6 Å². The number of hydrogen-bond acceptors (Lipinski definition) is 6. The minimum absolute atomic E-state index is 0.0554. The molecule has 0 saturated carbocycles. The number of ether oxygens (including phenoxy) is 1. The van der Waals surface area contributed by atoms with Gasteiger partial charge in [-0.2, -0.15) is 17.7 Å². The van der Waals surface area contributed by atoms with Crippen molar-refractivity contribution in [2.45, 2.75) is 18.7 Å². The molecule has 0 aromatic carbocycles. The van der Waals surface area contributed by atoms with E-state index in [9.17, 15) is 13.2 Å². The Bertz CT molecular complexity index is 882. The van der Waals surface area contributed by atoms with Gasteiger partial charge in [-0.05, 0) is 24.3 Å². The van der Waals surface area contributed by atoms with Crippen LogP contribution in [-0.2, 0) is 6.18 Å². The molecule has 0 amide bonds. The summed E-state index contributed by atoms with van der Waals surface area (Å²) < 4.78 is 45.5. The number of alkyl halides is 3. The third-order valence-electron chi connectivity index (χ3n) is 3.92. The van der Waals surface area contributed by atoms with Crippen molar-refractivity contribution in [1.82, 2.24) is 24.8 Å². The van der Waals surface area contributed by atoms with Crippen LogP contribution < -0.4 is 9.64 Å². The largest absolute Gasteiger partial charge is 0.488 e. The third kappa shape index (κ3) is 3.06. The van der Waals surface area contributed by atoms with Crippen molar-refractivity contribution < 1.29 is 17.9 Å². The topological polar surface area (TPSA) is 68.4 Å². The summed E-state index contributed by atoms with van der Waals surface area (Å²) in [7, 11) is 0. The molecule has 0 bridgehead atoms. The zero-order valence-electron chi connectivity index (χ0n) is 12.9. The first kappa shape index (κ1) is 15.6. The number of pyridine rings is 1. The Balaban J connectivity index is 1.54. The van der Waals surface area contributed by atoms with E-state index < -0.39 is 12.0 Å². The maximum absolute atomic E-state index is 13.0. The van der Waals surface area contributed by atoms with Crippen LogP contribution in [0.5, 0.6) is 5.75 Å². The standard InChI is InChI=1S/C15H13F3N6O/c16-15(17,18)14-21-20-12-1-2-13(22-24(12)14)23-8-5-11(9-23)25-10-3-6-19-7-4-10/h1-4,6-7,11H,5,8-9H2. The van der Waals surface area contributed by atoms with Crippen LogP contribution in [0.1, 0.15) is 12.2 Å². The summed E-state index contributed by atoms with van der Waals surface area (Å²) in [5, 5.41) is 10.7. The van der Waals surface area contributed by atoms with Gasteiger partial charge in [-0.3, -0.25) is 4.98 Å². The van der Waals surface area contributed by atoms with Gasteiger partial charge in [0, 0.05) is 25.4 Å². The predicted octanol–water partition coefficient (Wildman–Crippen LogP) is 2.20. The van der Waals surface area contributed by atoms with Gasteiger partial charge in [0.05, 0.1) is 6.54 Å². The molecule has 4 heterocycles. The fraction of sp³-hybridized carbons (Fsp3) is 0.333. The van der Waals surface area contributed by atoms with Crippen molar-refractivity contribution in [1.29, 1.82) is 0 Å². The lowest BCUT2D eigenvalue weighted by molar-refractivity contribution is -0.146. The Hall–Kier alpha value is -2.91. The molecule has 3 aromatic rings. The number of fused-ring (bicyclic) bond motifs is 1. The Kier molecular flexibility index (Phi) is 3.66. The predicted molar refractivity (Wildman–Crippen MR) is 81.3 cm³/mol. The molecule has 0 N–H and O–H groups in total. The van der Waals surface area contributed by atoms with E-state index in [1.165, 1.54) is 6.07 Å². The summed E-state index contributed by atoms with van der Waals surface area (Å²) in [6.07, 6.45) is -0.646. The van der Waals surface area contributed by atoms with Gasteiger partial charge in [-0.1, -0.05) is 0 Å². The van der Waals surface area contributed by atoms with Crippen LogP contribution in [-0.4, -0.2) is 44.0 Å². The van der Waals surface area contributed by atoms with Crippen LogP contribution in [0.2, 0.25) is 0 Å². The van der Waals surface area contributed by atoms with Crippen molar-refractivity contribution in [2.75, 3.05) is 18.0 Å². The molecule has 10 heteroatoms. The van der Waals surface area contributed by atoms with E-state index in [0.717, 1.165) is 10.9 Å². The van der Waals surface area contributed by atoms with Gasteiger partial charge < -0.3 is 9.64 Å². The van der Waals surface area contributed by atoms with Crippen molar-refractivity contribution in [3.63, 3.8) is 0 Å². The van der Waals surface area contributed by atoms with Gasteiger partial charge in [0.2, 0.25) is 0 Å². The highest BCUT2D eigenvalue weighted by Gasteiger charge is 2.38. The molecule has 4 rings (SSSR count). The second-order valence-electron chi connectivity index (χ2n) is 5.64. The van der Waals surface area contributed by atoms with Gasteiger partial charge in [-0.15, -0.1) is 15.3 Å². The Morgan fingerprint density at radius 2 is 1.88 bits per heavy atom.